The van der Waals surface area contributed by atoms with Crippen molar-refractivity contribution in [3.63, 3.8) is 0 Å². The van der Waals surface area contributed by atoms with E-state index < -0.39 is 18.0 Å². The summed E-state index contributed by atoms with van der Waals surface area (Å²) in [4.78, 5) is 27.5. The SMILES string of the molecule is COC(=O)C(C)OC(=O)c1cncn1[C@H](C)c1ccccc1. The van der Waals surface area contributed by atoms with Gasteiger partial charge >= 0.3 is 11.9 Å². The Morgan fingerprint density at radius 1 is 1.18 bits per heavy atom. The molecule has 116 valence electrons. The van der Waals surface area contributed by atoms with E-state index in [1.165, 1.54) is 20.2 Å². The van der Waals surface area contributed by atoms with E-state index in [9.17, 15) is 9.59 Å². The van der Waals surface area contributed by atoms with Crippen molar-refractivity contribution in [2.75, 3.05) is 7.11 Å². The molecule has 0 bridgehead atoms. The molecule has 0 aliphatic carbocycles. The van der Waals surface area contributed by atoms with Crippen molar-refractivity contribution in [1.29, 1.82) is 0 Å². The number of methoxy groups -OCH3 is 1. The van der Waals surface area contributed by atoms with E-state index in [1.54, 1.807) is 10.9 Å². The summed E-state index contributed by atoms with van der Waals surface area (Å²) in [6.07, 6.45) is 2.02. The maximum atomic E-state index is 12.2. The Kier molecular flexibility index (Phi) is 4.93. The Morgan fingerprint density at radius 3 is 2.50 bits per heavy atom. The maximum Gasteiger partial charge on any atom is 0.357 e. The van der Waals surface area contributed by atoms with Crippen LogP contribution in [0.1, 0.15) is 35.9 Å². The molecule has 0 saturated carbocycles. The summed E-state index contributed by atoms with van der Waals surface area (Å²) in [5.74, 6) is -1.21. The van der Waals surface area contributed by atoms with E-state index in [4.69, 9.17) is 4.74 Å². The first kappa shape index (κ1) is 15.8. The van der Waals surface area contributed by atoms with Crippen molar-refractivity contribution in [1.82, 2.24) is 9.55 Å². The van der Waals surface area contributed by atoms with E-state index >= 15 is 0 Å². The number of carbonyl (C=O) groups excluding carboxylic acids is 2. The lowest BCUT2D eigenvalue weighted by atomic mass is 10.1. The van der Waals surface area contributed by atoms with Gasteiger partial charge in [0.1, 0.15) is 5.69 Å². The van der Waals surface area contributed by atoms with Crippen LogP contribution in [0.15, 0.2) is 42.9 Å². The molecule has 0 aliphatic rings. The van der Waals surface area contributed by atoms with Crippen LogP contribution in [0, 0.1) is 0 Å². The van der Waals surface area contributed by atoms with Crippen LogP contribution >= 0.6 is 0 Å². The first-order valence-corrected chi connectivity index (χ1v) is 6.90. The van der Waals surface area contributed by atoms with Crippen LogP contribution in [-0.2, 0) is 14.3 Å². The minimum absolute atomic E-state index is 0.0836. The molecule has 0 amide bonds. The fraction of sp³-hybridized carbons (Fsp3) is 0.312. The molecule has 1 unspecified atom stereocenters. The third kappa shape index (κ3) is 3.33. The van der Waals surface area contributed by atoms with Crippen molar-refractivity contribution in [2.24, 2.45) is 0 Å². The zero-order valence-electron chi connectivity index (χ0n) is 12.7. The summed E-state index contributed by atoms with van der Waals surface area (Å²) in [5, 5.41) is 0. The van der Waals surface area contributed by atoms with Gasteiger partial charge in [-0.3, -0.25) is 0 Å². The second kappa shape index (κ2) is 6.89. The van der Waals surface area contributed by atoms with Gasteiger partial charge in [0.2, 0.25) is 0 Å². The van der Waals surface area contributed by atoms with E-state index in [0.717, 1.165) is 5.56 Å². The van der Waals surface area contributed by atoms with Gasteiger partial charge in [0.25, 0.3) is 0 Å². The molecule has 2 aromatic rings. The lowest BCUT2D eigenvalue weighted by Gasteiger charge is -2.17. The zero-order chi connectivity index (χ0) is 16.1. The van der Waals surface area contributed by atoms with Crippen LogP contribution in [0.4, 0.5) is 0 Å². The molecule has 0 spiro atoms. The number of aromatic nitrogens is 2. The molecule has 0 fully saturated rings. The summed E-state index contributed by atoms with van der Waals surface area (Å²) in [6.45, 7) is 3.42. The number of hydrogen-bond donors (Lipinski definition) is 0. The largest absolute Gasteiger partial charge is 0.466 e. The first-order valence-electron chi connectivity index (χ1n) is 6.90. The highest BCUT2D eigenvalue weighted by molar-refractivity contribution is 5.89. The van der Waals surface area contributed by atoms with Gasteiger partial charge in [-0.15, -0.1) is 0 Å². The number of nitrogens with zero attached hydrogens (tertiary/aromatic N) is 2. The van der Waals surface area contributed by atoms with E-state index in [0.29, 0.717) is 0 Å². The average molecular weight is 302 g/mol. The second-order valence-corrected chi connectivity index (χ2v) is 4.84. The van der Waals surface area contributed by atoms with Crippen LogP contribution < -0.4 is 0 Å². The molecule has 1 heterocycles. The van der Waals surface area contributed by atoms with Crippen LogP contribution in [0.2, 0.25) is 0 Å². The minimum atomic E-state index is -0.965. The predicted octanol–water partition coefficient (Wildman–Crippen LogP) is 2.21. The fourth-order valence-corrected chi connectivity index (χ4v) is 2.10. The standard InChI is InChI=1S/C16H18N2O4/c1-11(13-7-5-4-6-8-13)18-10-17-9-14(18)16(20)22-12(2)15(19)21-3/h4-12H,1-3H3/t11-,12?/m1/s1. The van der Waals surface area contributed by atoms with Crippen molar-refractivity contribution < 1.29 is 19.1 Å². The van der Waals surface area contributed by atoms with Gasteiger partial charge in [0, 0.05) is 0 Å². The fourth-order valence-electron chi connectivity index (χ4n) is 2.10. The van der Waals surface area contributed by atoms with Crippen molar-refractivity contribution in [3.05, 3.63) is 54.1 Å². The summed E-state index contributed by atoms with van der Waals surface area (Å²) in [7, 11) is 1.24. The van der Waals surface area contributed by atoms with Gasteiger partial charge in [-0.1, -0.05) is 30.3 Å². The molecule has 6 heteroatoms. The second-order valence-electron chi connectivity index (χ2n) is 4.84. The molecule has 2 rings (SSSR count). The molecule has 6 nitrogen and oxygen atoms in total. The Hall–Kier alpha value is -2.63. The number of carbonyl (C=O) groups is 2. The van der Waals surface area contributed by atoms with Crippen LogP contribution in [0.3, 0.4) is 0 Å². The van der Waals surface area contributed by atoms with Gasteiger partial charge in [-0.2, -0.15) is 0 Å². The van der Waals surface area contributed by atoms with Gasteiger partial charge in [0.15, 0.2) is 6.10 Å². The maximum absolute atomic E-state index is 12.2. The summed E-state index contributed by atoms with van der Waals surface area (Å²) in [5.41, 5.74) is 1.32. The first-order chi connectivity index (χ1) is 10.5. The number of hydrogen-bond acceptors (Lipinski definition) is 5. The molecule has 1 aromatic carbocycles. The zero-order valence-corrected chi connectivity index (χ0v) is 12.7. The van der Waals surface area contributed by atoms with Crippen molar-refractivity contribution in [3.8, 4) is 0 Å². The predicted molar refractivity (Wildman–Crippen MR) is 79.4 cm³/mol. The Bertz CT molecular complexity index is 651. The van der Waals surface area contributed by atoms with Crippen LogP contribution in [0.25, 0.3) is 0 Å². The van der Waals surface area contributed by atoms with Crippen LogP contribution in [0.5, 0.6) is 0 Å². The highest BCUT2D eigenvalue weighted by atomic mass is 16.6. The molecular weight excluding hydrogens is 284 g/mol. The lowest BCUT2D eigenvalue weighted by molar-refractivity contribution is -0.149. The van der Waals surface area contributed by atoms with Crippen molar-refractivity contribution >= 4 is 11.9 Å². The molecule has 2 atom stereocenters. The van der Waals surface area contributed by atoms with E-state index in [1.807, 2.05) is 37.3 Å². The van der Waals surface area contributed by atoms with Gasteiger partial charge in [-0.05, 0) is 19.4 Å². The molecule has 22 heavy (non-hydrogen) atoms. The molecular formula is C16H18N2O4. The van der Waals surface area contributed by atoms with E-state index in [-0.39, 0.29) is 11.7 Å². The summed E-state index contributed by atoms with van der Waals surface area (Å²) >= 11 is 0. The average Bonchev–Trinajstić information content (AvgIpc) is 3.03. The van der Waals surface area contributed by atoms with Gasteiger partial charge in [-0.25, -0.2) is 14.6 Å². The topological polar surface area (TPSA) is 70.4 Å². The van der Waals surface area contributed by atoms with Gasteiger partial charge < -0.3 is 14.0 Å². The van der Waals surface area contributed by atoms with Crippen LogP contribution in [-0.4, -0.2) is 34.7 Å². The highest BCUT2D eigenvalue weighted by Gasteiger charge is 2.23. The smallest absolute Gasteiger partial charge is 0.357 e. The Balaban J connectivity index is 2.19. The number of benzene rings is 1. The lowest BCUT2D eigenvalue weighted by Crippen LogP contribution is -2.26. The van der Waals surface area contributed by atoms with Crippen molar-refractivity contribution in [2.45, 2.75) is 26.0 Å². The quantitative estimate of drug-likeness (QED) is 0.792. The molecule has 0 radical (unpaired) electrons. The third-order valence-corrected chi connectivity index (χ3v) is 3.39. The minimum Gasteiger partial charge on any atom is -0.466 e. The van der Waals surface area contributed by atoms with E-state index in [2.05, 4.69) is 9.72 Å². The number of esters is 2. The Labute approximate surface area is 128 Å². The number of ether oxygens (including phenoxy) is 2. The Morgan fingerprint density at radius 2 is 1.86 bits per heavy atom. The molecule has 0 N–H and O–H groups in total. The molecule has 1 aromatic heterocycles. The molecule has 0 saturated heterocycles. The van der Waals surface area contributed by atoms with Gasteiger partial charge in [0.05, 0.1) is 25.7 Å². The highest BCUT2D eigenvalue weighted by Crippen LogP contribution is 2.20. The third-order valence-electron chi connectivity index (χ3n) is 3.39. The normalized spacial score (nSPS) is 13.2. The number of rotatable bonds is 5. The summed E-state index contributed by atoms with van der Waals surface area (Å²) in [6, 6.07) is 9.64. The monoisotopic (exact) mass is 302 g/mol. The summed E-state index contributed by atoms with van der Waals surface area (Å²) < 4.78 is 11.3. The molecule has 0 aliphatic heterocycles. The number of imidazole rings is 1.